The topological polar surface area (TPSA) is 97.5 Å². The molecule has 0 saturated heterocycles. The molecular formula is C25H22N4O3S2. The summed E-state index contributed by atoms with van der Waals surface area (Å²) in [5, 5.41) is 13.8. The Kier molecular flexibility index (Phi) is 7.34. The van der Waals surface area contributed by atoms with Crippen LogP contribution in [0.1, 0.15) is 30.9 Å². The van der Waals surface area contributed by atoms with Gasteiger partial charge in [0.25, 0.3) is 5.69 Å². The van der Waals surface area contributed by atoms with E-state index in [1.165, 1.54) is 40.8 Å². The third-order valence-electron chi connectivity index (χ3n) is 4.98. The Labute approximate surface area is 205 Å². The summed E-state index contributed by atoms with van der Waals surface area (Å²) in [5.41, 5.74) is 4.26. The molecule has 9 heteroatoms. The van der Waals surface area contributed by atoms with Gasteiger partial charge in [0, 0.05) is 24.0 Å². The Hall–Kier alpha value is -3.56. The fraction of sp³-hybridized carbons (Fsp3) is 0.160. The molecule has 0 saturated carbocycles. The molecule has 0 fully saturated rings. The molecule has 0 atom stereocenters. The van der Waals surface area contributed by atoms with Crippen molar-refractivity contribution in [3.05, 3.63) is 88.0 Å². The van der Waals surface area contributed by atoms with E-state index in [2.05, 4.69) is 29.1 Å². The van der Waals surface area contributed by atoms with Gasteiger partial charge in [-0.3, -0.25) is 19.9 Å². The normalized spacial score (nSPS) is 11.4. The Morgan fingerprint density at radius 1 is 1.18 bits per heavy atom. The summed E-state index contributed by atoms with van der Waals surface area (Å²) in [6.45, 7) is 4.27. The number of thiazole rings is 1. The van der Waals surface area contributed by atoms with E-state index in [9.17, 15) is 14.9 Å². The van der Waals surface area contributed by atoms with Crippen molar-refractivity contribution in [3.63, 3.8) is 0 Å². The fourth-order valence-corrected chi connectivity index (χ4v) is 5.08. The van der Waals surface area contributed by atoms with Crippen molar-refractivity contribution < 1.29 is 9.72 Å². The zero-order valence-electron chi connectivity index (χ0n) is 18.6. The highest BCUT2D eigenvalue weighted by molar-refractivity contribution is 8.01. The number of aliphatic imine (C=N–C) groups is 1. The maximum atomic E-state index is 12.3. The first kappa shape index (κ1) is 23.6. The molecule has 4 aromatic rings. The van der Waals surface area contributed by atoms with Gasteiger partial charge in [0.2, 0.25) is 5.91 Å². The highest BCUT2D eigenvalue weighted by atomic mass is 32.2. The van der Waals surface area contributed by atoms with Crippen LogP contribution in [0.15, 0.2) is 76.1 Å². The molecule has 0 aliphatic heterocycles. The average Bonchev–Trinajstić information content (AvgIpc) is 3.24. The number of anilines is 1. The number of nitrogens with zero attached hydrogens (tertiary/aromatic N) is 3. The average molecular weight is 491 g/mol. The van der Waals surface area contributed by atoms with Gasteiger partial charge in [-0.25, -0.2) is 4.98 Å². The minimum absolute atomic E-state index is 0.0279. The molecule has 4 rings (SSSR count). The van der Waals surface area contributed by atoms with Crippen LogP contribution >= 0.6 is 23.1 Å². The van der Waals surface area contributed by atoms with E-state index in [1.54, 1.807) is 18.3 Å². The summed E-state index contributed by atoms with van der Waals surface area (Å²) in [4.78, 5) is 31.9. The summed E-state index contributed by atoms with van der Waals surface area (Å²) >= 11 is 2.90. The summed E-state index contributed by atoms with van der Waals surface area (Å²) in [6, 6.07) is 19.9. The lowest BCUT2D eigenvalue weighted by atomic mass is 10.0. The maximum absolute atomic E-state index is 12.3. The molecule has 0 aliphatic carbocycles. The molecule has 1 amide bonds. The van der Waals surface area contributed by atoms with E-state index in [0.29, 0.717) is 11.5 Å². The number of nitro groups is 1. The molecule has 0 radical (unpaired) electrons. The number of carbonyl (C=O) groups is 1. The van der Waals surface area contributed by atoms with Crippen LogP contribution in [0.2, 0.25) is 0 Å². The van der Waals surface area contributed by atoms with Crippen molar-refractivity contribution in [3.8, 4) is 0 Å². The van der Waals surface area contributed by atoms with Crippen molar-refractivity contribution in [1.82, 2.24) is 4.98 Å². The highest BCUT2D eigenvalue weighted by Crippen LogP contribution is 2.32. The lowest BCUT2D eigenvalue weighted by Crippen LogP contribution is -2.13. The molecule has 0 spiro atoms. The van der Waals surface area contributed by atoms with Gasteiger partial charge in [0.05, 0.1) is 26.6 Å². The number of aromatic nitrogens is 1. The SMILES string of the molecule is CC(C)c1ccc(NC(=O)CSc2nc3ccc(N=Cc4cccc([N+](=O)[O-])c4)cc3s2)cc1. The van der Waals surface area contributed by atoms with Gasteiger partial charge in [-0.2, -0.15) is 0 Å². The molecule has 0 unspecified atom stereocenters. The maximum Gasteiger partial charge on any atom is 0.270 e. The van der Waals surface area contributed by atoms with Crippen LogP contribution in [0.5, 0.6) is 0 Å². The number of carbonyl (C=O) groups excluding carboxylic acids is 1. The van der Waals surface area contributed by atoms with E-state index in [4.69, 9.17) is 0 Å². The van der Waals surface area contributed by atoms with Crippen LogP contribution in [-0.4, -0.2) is 27.8 Å². The number of hydrogen-bond donors (Lipinski definition) is 1. The lowest BCUT2D eigenvalue weighted by molar-refractivity contribution is -0.384. The first-order valence-corrected chi connectivity index (χ1v) is 12.4. The molecule has 1 aromatic heterocycles. The van der Waals surface area contributed by atoms with E-state index in [1.807, 2.05) is 42.5 Å². The number of nitrogens with one attached hydrogen (secondary N) is 1. The number of fused-ring (bicyclic) bond motifs is 1. The van der Waals surface area contributed by atoms with E-state index in [0.717, 1.165) is 25.9 Å². The van der Waals surface area contributed by atoms with Crippen molar-refractivity contribution >= 4 is 62.5 Å². The number of thioether (sulfide) groups is 1. The van der Waals surface area contributed by atoms with Gasteiger partial charge < -0.3 is 5.32 Å². The standard InChI is InChI=1S/C25H22N4O3S2/c1-16(2)18-6-8-19(9-7-18)27-24(30)15-33-25-28-22-11-10-20(13-23(22)34-25)26-14-17-4-3-5-21(12-17)29(31)32/h3-14,16H,15H2,1-2H3,(H,27,30). The lowest BCUT2D eigenvalue weighted by Gasteiger charge is -2.08. The minimum atomic E-state index is -0.428. The molecule has 1 N–H and O–H groups in total. The summed E-state index contributed by atoms with van der Waals surface area (Å²) in [7, 11) is 0. The first-order chi connectivity index (χ1) is 16.4. The molecule has 0 bridgehead atoms. The Bertz CT molecular complexity index is 1360. The van der Waals surface area contributed by atoms with Gasteiger partial charge in [-0.1, -0.05) is 49.9 Å². The van der Waals surface area contributed by atoms with E-state index < -0.39 is 4.92 Å². The van der Waals surface area contributed by atoms with Crippen molar-refractivity contribution in [2.45, 2.75) is 24.1 Å². The number of benzene rings is 3. The van der Waals surface area contributed by atoms with Gasteiger partial charge in [-0.05, 0) is 47.4 Å². The van der Waals surface area contributed by atoms with Gasteiger partial charge in [-0.15, -0.1) is 11.3 Å². The van der Waals surface area contributed by atoms with E-state index in [-0.39, 0.29) is 17.3 Å². The first-order valence-electron chi connectivity index (χ1n) is 10.6. The van der Waals surface area contributed by atoms with Crippen LogP contribution in [0.25, 0.3) is 10.2 Å². The molecular weight excluding hydrogens is 468 g/mol. The second kappa shape index (κ2) is 10.6. The number of amides is 1. The fourth-order valence-electron chi connectivity index (χ4n) is 3.18. The number of nitro benzene ring substituents is 1. The van der Waals surface area contributed by atoms with E-state index >= 15 is 0 Å². The molecule has 0 aliphatic rings. The smallest absolute Gasteiger partial charge is 0.270 e. The van der Waals surface area contributed by atoms with Crippen LogP contribution in [0.3, 0.4) is 0 Å². The van der Waals surface area contributed by atoms with Crippen LogP contribution in [0.4, 0.5) is 17.1 Å². The van der Waals surface area contributed by atoms with Crippen LogP contribution < -0.4 is 5.32 Å². The second-order valence-electron chi connectivity index (χ2n) is 7.86. The third kappa shape index (κ3) is 6.06. The molecule has 34 heavy (non-hydrogen) atoms. The summed E-state index contributed by atoms with van der Waals surface area (Å²) in [5.74, 6) is 0.637. The second-order valence-corrected chi connectivity index (χ2v) is 10.1. The predicted molar refractivity (Wildman–Crippen MR) is 140 cm³/mol. The molecule has 7 nitrogen and oxygen atoms in total. The van der Waals surface area contributed by atoms with Gasteiger partial charge in [0.1, 0.15) is 0 Å². The zero-order chi connectivity index (χ0) is 24.1. The van der Waals surface area contributed by atoms with Crippen molar-refractivity contribution in [2.75, 3.05) is 11.1 Å². The molecule has 3 aromatic carbocycles. The Morgan fingerprint density at radius 3 is 2.71 bits per heavy atom. The quantitative estimate of drug-likeness (QED) is 0.127. The van der Waals surface area contributed by atoms with Crippen molar-refractivity contribution in [2.24, 2.45) is 4.99 Å². The van der Waals surface area contributed by atoms with Gasteiger partial charge >= 0.3 is 0 Å². The summed E-state index contributed by atoms with van der Waals surface area (Å²) < 4.78 is 1.76. The third-order valence-corrected chi connectivity index (χ3v) is 7.15. The predicted octanol–water partition coefficient (Wildman–Crippen LogP) is 6.81. The monoisotopic (exact) mass is 490 g/mol. The highest BCUT2D eigenvalue weighted by Gasteiger charge is 2.10. The minimum Gasteiger partial charge on any atom is -0.325 e. The van der Waals surface area contributed by atoms with Crippen LogP contribution in [0, 0.1) is 10.1 Å². The Morgan fingerprint density at radius 2 is 1.97 bits per heavy atom. The van der Waals surface area contributed by atoms with Crippen LogP contribution in [-0.2, 0) is 4.79 Å². The largest absolute Gasteiger partial charge is 0.325 e. The number of rotatable bonds is 8. The number of non-ortho nitro benzene ring substituents is 1. The molecule has 172 valence electrons. The molecule has 1 heterocycles. The van der Waals surface area contributed by atoms with Crippen molar-refractivity contribution in [1.29, 1.82) is 0 Å². The van der Waals surface area contributed by atoms with Gasteiger partial charge in [0.15, 0.2) is 4.34 Å². The number of hydrogen-bond acceptors (Lipinski definition) is 7. The zero-order valence-corrected chi connectivity index (χ0v) is 20.2. The Balaban J connectivity index is 1.37. The summed E-state index contributed by atoms with van der Waals surface area (Å²) in [6.07, 6.45) is 1.60.